The second kappa shape index (κ2) is 11.5. The number of amides is 1. The van der Waals surface area contributed by atoms with Crippen LogP contribution in [0.5, 0.6) is 11.5 Å². The number of rotatable bonds is 10. The molecule has 2 heterocycles. The molecule has 1 amide bonds. The number of nitrogens with one attached hydrogen (secondary N) is 3. The van der Waals surface area contributed by atoms with Crippen molar-refractivity contribution in [3.8, 4) is 11.5 Å². The SMILES string of the molecule is COc1cc(Nc2nc3cc(C)ccc3nc2NC(=O)c2ccc(NCCN(C)C)nc2)cc(OC)c1. The molecule has 0 aliphatic rings. The first kappa shape index (κ1) is 25.6. The van der Waals surface area contributed by atoms with Crippen LogP contribution in [0.3, 0.4) is 0 Å². The van der Waals surface area contributed by atoms with Crippen molar-refractivity contribution >= 4 is 40.1 Å². The second-order valence-electron chi connectivity index (χ2n) is 8.76. The van der Waals surface area contributed by atoms with Gasteiger partial charge in [0.1, 0.15) is 17.3 Å². The number of ether oxygens (including phenoxy) is 2. The number of hydrogen-bond acceptors (Lipinski definition) is 9. The molecule has 192 valence electrons. The van der Waals surface area contributed by atoms with Gasteiger partial charge in [-0.05, 0) is 50.8 Å². The lowest BCUT2D eigenvalue weighted by Gasteiger charge is -2.15. The lowest BCUT2D eigenvalue weighted by Crippen LogP contribution is -2.21. The summed E-state index contributed by atoms with van der Waals surface area (Å²) in [6.07, 6.45) is 1.53. The molecular weight excluding hydrogens is 470 g/mol. The fraction of sp³-hybridized carbons (Fsp3) is 0.259. The van der Waals surface area contributed by atoms with Crippen molar-refractivity contribution in [2.45, 2.75) is 6.92 Å². The van der Waals surface area contributed by atoms with Gasteiger partial charge in [-0.2, -0.15) is 0 Å². The van der Waals surface area contributed by atoms with Crippen molar-refractivity contribution in [1.29, 1.82) is 0 Å². The summed E-state index contributed by atoms with van der Waals surface area (Å²) in [5.74, 6) is 2.26. The number of pyridine rings is 1. The Morgan fingerprint density at radius 3 is 2.30 bits per heavy atom. The number of methoxy groups -OCH3 is 2. The van der Waals surface area contributed by atoms with Crippen LogP contribution in [0.4, 0.5) is 23.1 Å². The smallest absolute Gasteiger partial charge is 0.258 e. The van der Waals surface area contributed by atoms with E-state index in [9.17, 15) is 4.79 Å². The number of carbonyl (C=O) groups is 1. The minimum atomic E-state index is -0.348. The number of carbonyl (C=O) groups excluding carboxylic acids is 1. The molecule has 0 unspecified atom stereocenters. The van der Waals surface area contributed by atoms with E-state index in [1.54, 1.807) is 32.4 Å². The van der Waals surface area contributed by atoms with Gasteiger partial charge in [-0.15, -0.1) is 0 Å². The number of anilines is 4. The summed E-state index contributed by atoms with van der Waals surface area (Å²) in [7, 11) is 7.18. The Labute approximate surface area is 216 Å². The lowest BCUT2D eigenvalue weighted by atomic mass is 10.2. The molecule has 10 nitrogen and oxygen atoms in total. The Kier molecular flexibility index (Phi) is 7.99. The van der Waals surface area contributed by atoms with Gasteiger partial charge in [0, 0.05) is 43.2 Å². The van der Waals surface area contributed by atoms with Gasteiger partial charge < -0.3 is 30.3 Å². The number of likely N-dealkylation sites (N-methyl/N-ethyl adjacent to an activating group) is 1. The Hall–Kier alpha value is -4.44. The van der Waals surface area contributed by atoms with Crippen molar-refractivity contribution in [3.05, 3.63) is 65.9 Å². The summed E-state index contributed by atoms with van der Waals surface area (Å²) >= 11 is 0. The van der Waals surface area contributed by atoms with Crippen molar-refractivity contribution in [2.75, 3.05) is 57.4 Å². The Morgan fingerprint density at radius 1 is 0.919 bits per heavy atom. The van der Waals surface area contributed by atoms with Gasteiger partial charge in [-0.25, -0.2) is 15.0 Å². The van der Waals surface area contributed by atoms with Crippen LogP contribution in [0.15, 0.2) is 54.7 Å². The summed E-state index contributed by atoms with van der Waals surface area (Å²) in [6, 6.07) is 14.7. The third kappa shape index (κ3) is 6.62. The van der Waals surface area contributed by atoms with Crippen molar-refractivity contribution in [3.63, 3.8) is 0 Å². The van der Waals surface area contributed by atoms with Crippen LogP contribution in [-0.4, -0.2) is 67.2 Å². The molecule has 0 bridgehead atoms. The summed E-state index contributed by atoms with van der Waals surface area (Å²) in [5, 5.41) is 9.37. The number of fused-ring (bicyclic) bond motifs is 1. The van der Waals surface area contributed by atoms with Crippen molar-refractivity contribution in [1.82, 2.24) is 19.9 Å². The van der Waals surface area contributed by atoms with Crippen LogP contribution >= 0.6 is 0 Å². The maximum Gasteiger partial charge on any atom is 0.258 e. The zero-order chi connectivity index (χ0) is 26.4. The van der Waals surface area contributed by atoms with Crippen molar-refractivity contribution < 1.29 is 14.3 Å². The van der Waals surface area contributed by atoms with E-state index in [1.807, 2.05) is 51.4 Å². The van der Waals surface area contributed by atoms with E-state index in [0.29, 0.717) is 45.4 Å². The largest absolute Gasteiger partial charge is 0.497 e. The molecule has 0 saturated carbocycles. The van der Waals surface area contributed by atoms with Gasteiger partial charge in [-0.3, -0.25) is 4.79 Å². The molecule has 3 N–H and O–H groups in total. The molecule has 2 aromatic carbocycles. The molecule has 0 fully saturated rings. The third-order valence-corrected chi connectivity index (χ3v) is 5.56. The van der Waals surface area contributed by atoms with Crippen LogP contribution in [-0.2, 0) is 0 Å². The van der Waals surface area contributed by atoms with Gasteiger partial charge in [0.2, 0.25) is 0 Å². The van der Waals surface area contributed by atoms with Crippen LogP contribution in [0, 0.1) is 6.92 Å². The van der Waals surface area contributed by atoms with E-state index in [-0.39, 0.29) is 11.7 Å². The first-order valence-electron chi connectivity index (χ1n) is 11.8. The maximum absolute atomic E-state index is 13.1. The molecule has 10 heteroatoms. The first-order chi connectivity index (χ1) is 17.8. The normalized spacial score (nSPS) is 10.9. The number of nitrogens with zero attached hydrogens (tertiary/aromatic N) is 4. The Balaban J connectivity index is 1.61. The number of benzene rings is 2. The second-order valence-corrected chi connectivity index (χ2v) is 8.76. The Morgan fingerprint density at radius 2 is 1.65 bits per heavy atom. The third-order valence-electron chi connectivity index (χ3n) is 5.56. The van der Waals surface area contributed by atoms with E-state index in [2.05, 4.69) is 30.8 Å². The lowest BCUT2D eigenvalue weighted by molar-refractivity contribution is 0.102. The molecule has 2 aromatic heterocycles. The molecule has 0 spiro atoms. The topological polar surface area (TPSA) is 114 Å². The number of hydrogen-bond donors (Lipinski definition) is 3. The standard InChI is InChI=1S/C27H31N7O3/c1-17-6-8-22-23(12-17)32-25(30-19-13-20(36-4)15-21(14-19)37-5)26(31-22)33-27(35)18-7-9-24(29-16-18)28-10-11-34(2)3/h6-9,12-16H,10-11H2,1-5H3,(H,28,29)(H,30,32)(H,31,33,35). The minimum absolute atomic E-state index is 0.288. The predicted molar refractivity (Wildman–Crippen MR) is 146 cm³/mol. The molecule has 0 aliphatic heterocycles. The zero-order valence-corrected chi connectivity index (χ0v) is 21.6. The minimum Gasteiger partial charge on any atom is -0.497 e. The molecule has 37 heavy (non-hydrogen) atoms. The average molecular weight is 502 g/mol. The maximum atomic E-state index is 13.1. The summed E-state index contributed by atoms with van der Waals surface area (Å²) in [5.41, 5.74) is 3.48. The van der Waals surface area contributed by atoms with Crippen molar-refractivity contribution in [2.24, 2.45) is 0 Å². The number of aryl methyl sites for hydroxylation is 1. The van der Waals surface area contributed by atoms with E-state index >= 15 is 0 Å². The molecular formula is C27H31N7O3. The summed E-state index contributed by atoms with van der Waals surface area (Å²) in [4.78, 5) is 29.0. The fourth-order valence-corrected chi connectivity index (χ4v) is 3.58. The van der Waals surface area contributed by atoms with E-state index in [0.717, 1.165) is 18.7 Å². The van der Waals surface area contributed by atoms with Gasteiger partial charge >= 0.3 is 0 Å². The Bertz CT molecular complexity index is 1370. The zero-order valence-electron chi connectivity index (χ0n) is 21.6. The monoisotopic (exact) mass is 501 g/mol. The van der Waals surface area contributed by atoms with Crippen LogP contribution in [0.1, 0.15) is 15.9 Å². The van der Waals surface area contributed by atoms with E-state index in [1.165, 1.54) is 6.20 Å². The average Bonchev–Trinajstić information content (AvgIpc) is 2.89. The molecule has 0 radical (unpaired) electrons. The van der Waals surface area contributed by atoms with Gasteiger partial charge in [0.25, 0.3) is 5.91 Å². The molecule has 0 saturated heterocycles. The highest BCUT2D eigenvalue weighted by Gasteiger charge is 2.15. The van der Waals surface area contributed by atoms with Crippen LogP contribution in [0.2, 0.25) is 0 Å². The molecule has 0 atom stereocenters. The van der Waals surface area contributed by atoms with Crippen LogP contribution in [0.25, 0.3) is 11.0 Å². The highest BCUT2D eigenvalue weighted by molar-refractivity contribution is 6.05. The highest BCUT2D eigenvalue weighted by atomic mass is 16.5. The fourth-order valence-electron chi connectivity index (χ4n) is 3.58. The van der Waals surface area contributed by atoms with Gasteiger partial charge in [0.15, 0.2) is 11.6 Å². The van der Waals surface area contributed by atoms with Gasteiger partial charge in [-0.1, -0.05) is 6.07 Å². The quantitative estimate of drug-likeness (QED) is 0.292. The predicted octanol–water partition coefficient (Wildman–Crippen LogP) is 4.32. The molecule has 4 aromatic rings. The van der Waals surface area contributed by atoms with Crippen LogP contribution < -0.4 is 25.4 Å². The van der Waals surface area contributed by atoms with Gasteiger partial charge in [0.05, 0.1) is 30.8 Å². The molecule has 4 rings (SSSR count). The van der Waals surface area contributed by atoms with E-state index in [4.69, 9.17) is 14.5 Å². The first-order valence-corrected chi connectivity index (χ1v) is 11.8. The number of aromatic nitrogens is 3. The summed E-state index contributed by atoms with van der Waals surface area (Å²) < 4.78 is 10.8. The molecule has 0 aliphatic carbocycles. The highest BCUT2D eigenvalue weighted by Crippen LogP contribution is 2.31. The van der Waals surface area contributed by atoms with E-state index < -0.39 is 0 Å². The summed E-state index contributed by atoms with van der Waals surface area (Å²) in [6.45, 7) is 3.61.